The second kappa shape index (κ2) is 6.51. The first-order valence-corrected chi connectivity index (χ1v) is 10.4. The molecule has 0 bridgehead atoms. The molecule has 3 fully saturated rings. The van der Waals surface area contributed by atoms with E-state index in [9.17, 15) is 15.0 Å². The molecule has 8 heteroatoms. The van der Waals surface area contributed by atoms with Crippen LogP contribution in [0.25, 0.3) is 10.9 Å². The highest BCUT2D eigenvalue weighted by atomic mass is 16.8. The lowest BCUT2D eigenvalue weighted by atomic mass is 9.68. The van der Waals surface area contributed by atoms with Gasteiger partial charge in [-0.05, 0) is 31.6 Å². The molecule has 8 nitrogen and oxygen atoms in total. The Bertz CT molecular complexity index is 1000. The highest BCUT2D eigenvalue weighted by molar-refractivity contribution is 5.86. The van der Waals surface area contributed by atoms with Crippen LogP contribution in [-0.4, -0.2) is 71.1 Å². The molecule has 4 N–H and O–H groups in total. The summed E-state index contributed by atoms with van der Waals surface area (Å²) in [7, 11) is 1.92. The van der Waals surface area contributed by atoms with Gasteiger partial charge in [-0.25, -0.2) is 4.79 Å². The minimum atomic E-state index is -2.00. The summed E-state index contributed by atoms with van der Waals surface area (Å²) in [6.07, 6.45) is -1.30. The van der Waals surface area contributed by atoms with E-state index in [1.54, 1.807) is 13.8 Å². The molecule has 0 unspecified atom stereocenters. The van der Waals surface area contributed by atoms with Crippen molar-refractivity contribution in [3.8, 4) is 0 Å². The molecule has 5 atom stereocenters. The number of H-pyrrole nitrogens is 1. The minimum Gasteiger partial charge on any atom is -0.451 e. The molecular weight excluding hydrogens is 388 g/mol. The lowest BCUT2D eigenvalue weighted by Crippen LogP contribution is -2.60. The van der Waals surface area contributed by atoms with E-state index in [0.717, 1.165) is 29.6 Å². The molecule has 30 heavy (non-hydrogen) atoms. The van der Waals surface area contributed by atoms with Gasteiger partial charge in [0.1, 0.15) is 6.10 Å². The smallest absolute Gasteiger partial charge is 0.345 e. The number of carbonyl (C=O) groups is 1. The number of hydrogen-bond acceptors (Lipinski definition) is 7. The van der Waals surface area contributed by atoms with Crippen LogP contribution >= 0.6 is 0 Å². The predicted octanol–water partition coefficient (Wildman–Crippen LogP) is 0.641. The number of aliphatic hydroxyl groups is 2. The van der Waals surface area contributed by atoms with Crippen molar-refractivity contribution >= 4 is 16.9 Å². The van der Waals surface area contributed by atoms with Gasteiger partial charge in [0.05, 0.1) is 12.7 Å². The van der Waals surface area contributed by atoms with E-state index in [-0.39, 0.29) is 6.61 Å². The normalized spacial score (nSPS) is 36.8. The molecule has 1 aromatic carbocycles. The Kier molecular flexibility index (Phi) is 4.33. The van der Waals surface area contributed by atoms with Crippen molar-refractivity contribution in [1.29, 1.82) is 0 Å². The van der Waals surface area contributed by atoms with E-state index in [1.165, 1.54) is 5.56 Å². The second-order valence-electron chi connectivity index (χ2n) is 9.10. The lowest BCUT2D eigenvalue weighted by Gasteiger charge is -2.35. The largest absolute Gasteiger partial charge is 0.451 e. The maximum atomic E-state index is 12.7. The molecule has 162 valence electrons. The Morgan fingerprint density at radius 3 is 2.83 bits per heavy atom. The zero-order valence-electron chi connectivity index (χ0n) is 17.4. The minimum absolute atomic E-state index is 0.0527. The van der Waals surface area contributed by atoms with Crippen molar-refractivity contribution in [3.05, 3.63) is 35.5 Å². The molecule has 1 aromatic heterocycles. The summed E-state index contributed by atoms with van der Waals surface area (Å²) in [5, 5.41) is 26.1. The predicted molar refractivity (Wildman–Crippen MR) is 108 cm³/mol. The maximum Gasteiger partial charge on any atom is 0.345 e. The van der Waals surface area contributed by atoms with Gasteiger partial charge in [-0.1, -0.05) is 32.0 Å². The van der Waals surface area contributed by atoms with Gasteiger partial charge in [0, 0.05) is 28.4 Å². The van der Waals surface area contributed by atoms with Gasteiger partial charge < -0.3 is 34.7 Å². The Morgan fingerprint density at radius 2 is 2.07 bits per heavy atom. The van der Waals surface area contributed by atoms with Gasteiger partial charge >= 0.3 is 5.97 Å². The number of aromatic amines is 1. The number of aromatic nitrogens is 1. The Labute approximate surface area is 174 Å². The van der Waals surface area contributed by atoms with Crippen molar-refractivity contribution in [2.24, 2.45) is 5.41 Å². The van der Waals surface area contributed by atoms with Crippen LogP contribution in [0.15, 0.2) is 24.3 Å². The molecule has 0 radical (unpaired) electrons. The van der Waals surface area contributed by atoms with E-state index in [4.69, 9.17) is 14.2 Å². The second-order valence-corrected chi connectivity index (χ2v) is 9.10. The first kappa shape index (κ1) is 20.0. The van der Waals surface area contributed by atoms with Crippen LogP contribution in [0.5, 0.6) is 0 Å². The van der Waals surface area contributed by atoms with Gasteiger partial charge in [0.2, 0.25) is 5.60 Å². The number of aliphatic hydroxyl groups excluding tert-OH is 1. The zero-order valence-corrected chi connectivity index (χ0v) is 17.4. The van der Waals surface area contributed by atoms with Crippen molar-refractivity contribution in [2.45, 2.75) is 56.4 Å². The molecular formula is C22H28N2O6. The SMILES string of the molecule is CNCCc1c(C[C@@H]2O[C@]34OC[C@H](O)[C@H]3OC(=O)[C@]4(O)C2(C)C)[nH]c2ccccc12. The number of ether oxygens (including phenoxy) is 3. The van der Waals surface area contributed by atoms with Gasteiger partial charge in [-0.3, -0.25) is 0 Å². The molecule has 3 saturated heterocycles. The van der Waals surface area contributed by atoms with Crippen LogP contribution in [0, 0.1) is 5.41 Å². The first-order chi connectivity index (χ1) is 14.3. The van der Waals surface area contributed by atoms with E-state index in [0.29, 0.717) is 6.42 Å². The summed E-state index contributed by atoms with van der Waals surface area (Å²) in [6, 6.07) is 8.12. The van der Waals surface area contributed by atoms with E-state index in [1.807, 2.05) is 25.2 Å². The van der Waals surface area contributed by atoms with Crippen LogP contribution in [0.1, 0.15) is 25.1 Å². The fourth-order valence-electron chi connectivity index (χ4n) is 5.38. The number of benzene rings is 1. The van der Waals surface area contributed by atoms with Gasteiger partial charge in [0.25, 0.3) is 5.79 Å². The summed E-state index contributed by atoms with van der Waals surface area (Å²) < 4.78 is 17.4. The number of fused-ring (bicyclic) bond motifs is 1. The monoisotopic (exact) mass is 416 g/mol. The molecule has 5 rings (SSSR count). The van der Waals surface area contributed by atoms with Crippen LogP contribution in [0.3, 0.4) is 0 Å². The summed E-state index contributed by atoms with van der Waals surface area (Å²) >= 11 is 0. The maximum absolute atomic E-state index is 12.7. The summed E-state index contributed by atoms with van der Waals surface area (Å²) in [5.74, 6) is -2.49. The average molecular weight is 416 g/mol. The molecule has 0 amide bonds. The summed E-state index contributed by atoms with van der Waals surface area (Å²) in [5.41, 5.74) is 0.237. The molecule has 2 aromatic rings. The van der Waals surface area contributed by atoms with Gasteiger partial charge in [0.15, 0.2) is 6.10 Å². The highest BCUT2D eigenvalue weighted by Gasteiger charge is 2.84. The summed E-state index contributed by atoms with van der Waals surface area (Å²) in [4.78, 5) is 16.2. The quantitative estimate of drug-likeness (QED) is 0.529. The Balaban J connectivity index is 1.55. The third kappa shape index (κ3) is 2.31. The Morgan fingerprint density at radius 1 is 1.30 bits per heavy atom. The molecule has 0 aliphatic carbocycles. The van der Waals surface area contributed by atoms with Crippen molar-refractivity contribution in [2.75, 3.05) is 20.2 Å². The van der Waals surface area contributed by atoms with Crippen molar-refractivity contribution in [1.82, 2.24) is 10.3 Å². The number of esters is 1. The number of rotatable bonds is 5. The fourth-order valence-corrected chi connectivity index (χ4v) is 5.38. The van der Waals surface area contributed by atoms with Crippen LogP contribution < -0.4 is 5.32 Å². The van der Waals surface area contributed by atoms with Crippen LogP contribution in [0.2, 0.25) is 0 Å². The number of nitrogens with one attached hydrogen (secondary N) is 2. The number of carbonyl (C=O) groups excluding carboxylic acids is 1. The van der Waals surface area contributed by atoms with E-state index >= 15 is 0 Å². The molecule has 4 heterocycles. The van der Waals surface area contributed by atoms with Crippen molar-refractivity contribution in [3.63, 3.8) is 0 Å². The zero-order chi connectivity index (χ0) is 21.3. The van der Waals surface area contributed by atoms with E-state index < -0.39 is 41.1 Å². The number of para-hydroxylation sites is 1. The average Bonchev–Trinajstić information content (AvgIpc) is 3.34. The van der Waals surface area contributed by atoms with Gasteiger partial charge in [-0.15, -0.1) is 0 Å². The third-order valence-corrected chi connectivity index (χ3v) is 7.20. The molecule has 1 spiro atoms. The number of likely N-dealkylation sites (N-methyl/N-ethyl adjacent to an activating group) is 1. The summed E-state index contributed by atoms with van der Waals surface area (Å²) in [6.45, 7) is 4.35. The third-order valence-electron chi connectivity index (χ3n) is 7.20. The first-order valence-electron chi connectivity index (χ1n) is 10.4. The van der Waals surface area contributed by atoms with Crippen molar-refractivity contribution < 1.29 is 29.2 Å². The highest BCUT2D eigenvalue weighted by Crippen LogP contribution is 2.61. The van der Waals surface area contributed by atoms with Crippen LogP contribution in [0.4, 0.5) is 0 Å². The topological polar surface area (TPSA) is 113 Å². The van der Waals surface area contributed by atoms with Crippen LogP contribution in [-0.2, 0) is 31.8 Å². The molecule has 3 aliphatic heterocycles. The van der Waals surface area contributed by atoms with E-state index in [2.05, 4.69) is 16.4 Å². The molecule has 0 saturated carbocycles. The Hall–Kier alpha value is -1.97. The fraction of sp³-hybridized carbons (Fsp3) is 0.591. The van der Waals surface area contributed by atoms with Gasteiger partial charge in [-0.2, -0.15) is 0 Å². The number of hydrogen-bond donors (Lipinski definition) is 4. The lowest BCUT2D eigenvalue weighted by molar-refractivity contribution is -0.260. The standard InChI is InChI=1S/C22H28N2O6/c1-20(2)17(30-22-18(16(25)11-28-22)29-19(26)21(20,22)27)10-15-13(8-9-23-3)12-6-4-5-7-14(12)24-15/h4-7,16-18,23-25,27H,8-11H2,1-3H3/t16-,17-,18+,21-,22+/m0/s1. The molecule has 3 aliphatic rings.